The molecule has 3 nitrogen and oxygen atoms in total. The second kappa shape index (κ2) is 11.2. The first-order chi connectivity index (χ1) is 24.2. The molecule has 0 saturated carbocycles. The third-order valence-electron chi connectivity index (χ3n) is 9.50. The van der Waals surface area contributed by atoms with Gasteiger partial charge in [0.2, 0.25) is 0 Å². The Morgan fingerprint density at radius 2 is 0.776 bits per heavy atom. The van der Waals surface area contributed by atoms with E-state index in [2.05, 4.69) is 164 Å². The highest BCUT2D eigenvalue weighted by molar-refractivity contribution is 7.25. The number of rotatable bonds is 4. The first-order valence-electron chi connectivity index (χ1n) is 16.4. The zero-order chi connectivity index (χ0) is 32.3. The lowest BCUT2D eigenvalue weighted by atomic mass is 9.99. The molecular weight excluding hydrogens is 615 g/mol. The third-order valence-corrected chi connectivity index (χ3v) is 10.6. The van der Waals surface area contributed by atoms with Gasteiger partial charge in [-0.3, -0.25) is 0 Å². The fourth-order valence-electron chi connectivity index (χ4n) is 6.96. The molecule has 0 bridgehead atoms. The molecule has 0 radical (unpaired) electrons. The van der Waals surface area contributed by atoms with Crippen LogP contribution in [0.15, 0.2) is 164 Å². The molecule has 0 spiro atoms. The molecule has 0 aliphatic heterocycles. The fraction of sp³-hybridized carbons (Fsp3) is 0. The quantitative estimate of drug-likeness (QED) is 0.180. The van der Waals surface area contributed by atoms with Gasteiger partial charge in [0.05, 0.1) is 0 Å². The van der Waals surface area contributed by atoms with E-state index in [-0.39, 0.29) is 0 Å². The third kappa shape index (κ3) is 4.85. The molecular formula is C45H27N3S. The van der Waals surface area contributed by atoms with Crippen molar-refractivity contribution in [3.8, 4) is 45.3 Å². The second-order valence-corrected chi connectivity index (χ2v) is 13.6. The minimum Gasteiger partial charge on any atom is -0.208 e. The van der Waals surface area contributed by atoms with Gasteiger partial charge in [-0.05, 0) is 67.7 Å². The smallest absolute Gasteiger partial charge is 0.164 e. The average Bonchev–Trinajstić information content (AvgIpc) is 3.55. The van der Waals surface area contributed by atoms with E-state index < -0.39 is 0 Å². The second-order valence-electron chi connectivity index (χ2n) is 12.5. The predicted molar refractivity (Wildman–Crippen MR) is 207 cm³/mol. The Bertz CT molecular complexity index is 2890. The number of nitrogens with zero attached hydrogens (tertiary/aromatic N) is 3. The van der Waals surface area contributed by atoms with Crippen LogP contribution in [0.3, 0.4) is 0 Å². The molecule has 0 N–H and O–H groups in total. The van der Waals surface area contributed by atoms with Gasteiger partial charge in [-0.15, -0.1) is 11.3 Å². The molecule has 0 aliphatic carbocycles. The molecule has 0 atom stereocenters. The minimum absolute atomic E-state index is 0.653. The monoisotopic (exact) mass is 641 g/mol. The number of aromatic nitrogens is 3. The summed E-state index contributed by atoms with van der Waals surface area (Å²) in [6.45, 7) is 0. The van der Waals surface area contributed by atoms with Gasteiger partial charge in [0.25, 0.3) is 0 Å². The maximum absolute atomic E-state index is 5.11. The highest BCUT2D eigenvalue weighted by atomic mass is 32.1. The van der Waals surface area contributed by atoms with Gasteiger partial charge < -0.3 is 0 Å². The summed E-state index contributed by atoms with van der Waals surface area (Å²) in [6.07, 6.45) is 0. The number of benzene rings is 8. The molecule has 0 unspecified atom stereocenters. The summed E-state index contributed by atoms with van der Waals surface area (Å²) in [7, 11) is 0. The van der Waals surface area contributed by atoms with E-state index in [1.165, 1.54) is 52.7 Å². The van der Waals surface area contributed by atoms with Crippen molar-refractivity contribution in [1.82, 2.24) is 15.0 Å². The van der Waals surface area contributed by atoms with Crippen LogP contribution in [-0.2, 0) is 0 Å². The summed E-state index contributed by atoms with van der Waals surface area (Å²) in [5.41, 5.74) is 5.22. The molecule has 0 amide bonds. The van der Waals surface area contributed by atoms with Gasteiger partial charge in [-0.25, -0.2) is 15.0 Å². The van der Waals surface area contributed by atoms with Crippen LogP contribution in [0.1, 0.15) is 0 Å². The van der Waals surface area contributed by atoms with Crippen LogP contribution in [0.2, 0.25) is 0 Å². The van der Waals surface area contributed by atoms with Gasteiger partial charge in [-0.2, -0.15) is 0 Å². The molecule has 2 aromatic heterocycles. The van der Waals surface area contributed by atoms with E-state index in [1.54, 1.807) is 11.3 Å². The van der Waals surface area contributed by atoms with Crippen LogP contribution in [0, 0.1) is 0 Å². The number of hydrogen-bond donors (Lipinski definition) is 0. The Labute approximate surface area is 286 Å². The zero-order valence-corrected chi connectivity index (χ0v) is 27.2. The molecule has 228 valence electrons. The van der Waals surface area contributed by atoms with Crippen molar-refractivity contribution in [3.63, 3.8) is 0 Å². The largest absolute Gasteiger partial charge is 0.208 e. The molecule has 0 fully saturated rings. The summed E-state index contributed by atoms with van der Waals surface area (Å²) in [5.74, 6) is 1.97. The van der Waals surface area contributed by atoms with Crippen molar-refractivity contribution in [3.05, 3.63) is 164 Å². The number of fused-ring (bicyclic) bond motifs is 7. The van der Waals surface area contributed by atoms with E-state index in [9.17, 15) is 0 Å². The Morgan fingerprint density at radius 3 is 1.59 bits per heavy atom. The van der Waals surface area contributed by atoms with E-state index >= 15 is 0 Å². The van der Waals surface area contributed by atoms with Crippen molar-refractivity contribution in [2.75, 3.05) is 0 Å². The van der Waals surface area contributed by atoms with Crippen molar-refractivity contribution in [2.45, 2.75) is 0 Å². The first-order valence-corrected chi connectivity index (χ1v) is 17.2. The Balaban J connectivity index is 1.11. The Kier molecular flexibility index (Phi) is 6.36. The van der Waals surface area contributed by atoms with Gasteiger partial charge >= 0.3 is 0 Å². The van der Waals surface area contributed by atoms with Crippen molar-refractivity contribution in [2.24, 2.45) is 0 Å². The molecule has 0 aliphatic rings. The summed E-state index contributed by atoms with van der Waals surface area (Å²) in [4.78, 5) is 15.3. The summed E-state index contributed by atoms with van der Waals surface area (Å²) >= 11 is 1.80. The summed E-state index contributed by atoms with van der Waals surface area (Å²) in [5, 5.41) is 9.86. The first kappa shape index (κ1) is 27.8. The standard InChI is InChI=1S/C45H27N3S/c1-2-9-32-25-33(19-15-28(32)7-1)29-13-17-31(18-14-29)43-46-44(35-21-23-38-34(26-35)20-16-30-8-3-4-10-37(30)38)48-45(47-43)36-22-24-40-39-11-5-6-12-41(39)49-42(40)27-36/h1-27H. The Morgan fingerprint density at radius 1 is 0.286 bits per heavy atom. The van der Waals surface area contributed by atoms with E-state index in [1.807, 2.05) is 0 Å². The lowest BCUT2D eigenvalue weighted by Crippen LogP contribution is -2.00. The van der Waals surface area contributed by atoms with Gasteiger partial charge in [0, 0.05) is 36.9 Å². The van der Waals surface area contributed by atoms with E-state index in [0.717, 1.165) is 27.6 Å². The molecule has 0 saturated heterocycles. The maximum Gasteiger partial charge on any atom is 0.164 e. The molecule has 49 heavy (non-hydrogen) atoms. The Hall–Kier alpha value is -6.23. The lowest BCUT2D eigenvalue weighted by Gasteiger charge is -2.11. The van der Waals surface area contributed by atoms with Gasteiger partial charge in [0.1, 0.15) is 0 Å². The lowest BCUT2D eigenvalue weighted by molar-refractivity contribution is 1.08. The summed E-state index contributed by atoms with van der Waals surface area (Å²) in [6, 6.07) is 58.2. The maximum atomic E-state index is 5.11. The van der Waals surface area contributed by atoms with Crippen LogP contribution >= 0.6 is 11.3 Å². The molecule has 8 aromatic carbocycles. The molecule has 4 heteroatoms. The minimum atomic E-state index is 0.653. The van der Waals surface area contributed by atoms with Crippen LogP contribution in [0.4, 0.5) is 0 Å². The fourth-order valence-corrected chi connectivity index (χ4v) is 8.11. The summed E-state index contributed by atoms with van der Waals surface area (Å²) < 4.78 is 2.50. The molecule has 2 heterocycles. The van der Waals surface area contributed by atoms with Crippen LogP contribution < -0.4 is 0 Å². The van der Waals surface area contributed by atoms with Crippen LogP contribution in [-0.4, -0.2) is 15.0 Å². The molecule has 10 aromatic rings. The number of thiophene rings is 1. The molecule has 10 rings (SSSR count). The number of hydrogen-bond acceptors (Lipinski definition) is 4. The van der Waals surface area contributed by atoms with E-state index in [0.29, 0.717) is 17.5 Å². The van der Waals surface area contributed by atoms with Crippen molar-refractivity contribution < 1.29 is 0 Å². The van der Waals surface area contributed by atoms with Crippen LogP contribution in [0.5, 0.6) is 0 Å². The zero-order valence-electron chi connectivity index (χ0n) is 26.3. The van der Waals surface area contributed by atoms with E-state index in [4.69, 9.17) is 15.0 Å². The average molecular weight is 642 g/mol. The van der Waals surface area contributed by atoms with Gasteiger partial charge in [-0.1, -0.05) is 140 Å². The normalized spacial score (nSPS) is 11.7. The topological polar surface area (TPSA) is 38.7 Å². The SMILES string of the molecule is c1ccc2cc(-c3ccc(-c4nc(-c5ccc6c(ccc7ccccc76)c5)nc(-c5ccc6c(c5)sc5ccccc56)n4)cc3)ccc2c1. The van der Waals surface area contributed by atoms with Crippen molar-refractivity contribution >= 4 is 63.8 Å². The van der Waals surface area contributed by atoms with Gasteiger partial charge in [0.15, 0.2) is 17.5 Å². The highest BCUT2D eigenvalue weighted by Crippen LogP contribution is 2.37. The van der Waals surface area contributed by atoms with Crippen LogP contribution in [0.25, 0.3) is 97.8 Å². The van der Waals surface area contributed by atoms with Crippen molar-refractivity contribution in [1.29, 1.82) is 0 Å². The highest BCUT2D eigenvalue weighted by Gasteiger charge is 2.15. The predicted octanol–water partition coefficient (Wildman–Crippen LogP) is 12.4.